The van der Waals surface area contributed by atoms with E-state index >= 15 is 0 Å². The molecule has 0 saturated heterocycles. The van der Waals surface area contributed by atoms with Crippen LogP contribution >= 0.6 is 0 Å². The molecule has 0 radical (unpaired) electrons. The normalized spacial score (nSPS) is 10.0. The molecule has 2 N–H and O–H groups in total. The number of hydrogen-bond acceptors (Lipinski definition) is 3. The number of carbonyl (C=O) groups is 2. The van der Waals surface area contributed by atoms with E-state index in [2.05, 4.69) is 4.98 Å². The summed E-state index contributed by atoms with van der Waals surface area (Å²) in [6.45, 7) is 0. The number of carboxylic acid groups (broad SMARTS) is 2. The molecule has 0 aliphatic rings. The molecule has 0 aliphatic carbocycles. The van der Waals surface area contributed by atoms with E-state index < -0.39 is 11.9 Å². The van der Waals surface area contributed by atoms with Crippen molar-refractivity contribution in [2.45, 2.75) is 0 Å². The number of benzene rings is 1. The Morgan fingerprint density at radius 2 is 1.50 bits per heavy atom. The molecule has 2 rings (SSSR count). The van der Waals surface area contributed by atoms with Crippen molar-refractivity contribution in [3.63, 3.8) is 0 Å². The first-order valence-corrected chi connectivity index (χ1v) is 5.12. The van der Waals surface area contributed by atoms with Crippen molar-refractivity contribution in [2.75, 3.05) is 0 Å². The average molecular weight is 243 g/mol. The largest absolute Gasteiger partial charge is 0.478 e. The Bertz CT molecular complexity index is 575. The zero-order chi connectivity index (χ0) is 13.1. The second-order valence-corrected chi connectivity index (χ2v) is 3.55. The van der Waals surface area contributed by atoms with Crippen LogP contribution in [0.4, 0.5) is 0 Å². The minimum absolute atomic E-state index is 0.0754. The molecule has 0 saturated carbocycles. The fourth-order valence-corrected chi connectivity index (χ4v) is 1.70. The van der Waals surface area contributed by atoms with Gasteiger partial charge in [-0.1, -0.05) is 12.1 Å². The van der Waals surface area contributed by atoms with Gasteiger partial charge in [-0.25, -0.2) is 9.59 Å². The molecule has 0 atom stereocenters. The fraction of sp³-hybridized carbons (Fsp3) is 0. The molecule has 0 amide bonds. The van der Waals surface area contributed by atoms with Crippen LogP contribution in [0.25, 0.3) is 11.3 Å². The van der Waals surface area contributed by atoms with Crippen LogP contribution in [0.1, 0.15) is 20.7 Å². The van der Waals surface area contributed by atoms with Crippen molar-refractivity contribution in [2.24, 2.45) is 0 Å². The van der Waals surface area contributed by atoms with Crippen LogP contribution in [0, 0.1) is 0 Å². The highest BCUT2D eigenvalue weighted by Gasteiger charge is 2.19. The van der Waals surface area contributed by atoms with Gasteiger partial charge in [-0.3, -0.25) is 4.98 Å². The maximum atomic E-state index is 11.1. The fourth-order valence-electron chi connectivity index (χ4n) is 1.70. The molecule has 5 heteroatoms. The second kappa shape index (κ2) is 4.67. The number of hydrogen-bond donors (Lipinski definition) is 2. The van der Waals surface area contributed by atoms with Gasteiger partial charge < -0.3 is 10.2 Å². The van der Waals surface area contributed by atoms with Crippen molar-refractivity contribution in [3.05, 3.63) is 53.7 Å². The third kappa shape index (κ3) is 2.06. The van der Waals surface area contributed by atoms with Gasteiger partial charge >= 0.3 is 11.9 Å². The maximum Gasteiger partial charge on any atom is 0.336 e. The molecule has 2 aromatic rings. The van der Waals surface area contributed by atoms with E-state index in [1.54, 1.807) is 18.2 Å². The third-order valence-corrected chi connectivity index (χ3v) is 2.45. The van der Waals surface area contributed by atoms with Gasteiger partial charge in [0.2, 0.25) is 0 Å². The molecule has 0 unspecified atom stereocenters. The van der Waals surface area contributed by atoms with Crippen LogP contribution in [0.15, 0.2) is 42.6 Å². The van der Waals surface area contributed by atoms with Crippen molar-refractivity contribution in [3.8, 4) is 11.3 Å². The van der Waals surface area contributed by atoms with Crippen LogP contribution in [0.5, 0.6) is 0 Å². The summed E-state index contributed by atoms with van der Waals surface area (Å²) < 4.78 is 0. The second-order valence-electron chi connectivity index (χ2n) is 3.55. The van der Waals surface area contributed by atoms with Gasteiger partial charge in [-0.15, -0.1) is 0 Å². The van der Waals surface area contributed by atoms with Crippen LogP contribution < -0.4 is 0 Å². The lowest BCUT2D eigenvalue weighted by Gasteiger charge is -2.08. The standard InChI is InChI=1S/C13H9NO4/c15-12(16)8-4-3-5-9(13(17)18)11(8)10-6-1-2-7-14-10/h1-7H,(H,15,16)(H,17,18). The van der Waals surface area contributed by atoms with Crippen LogP contribution in [0.2, 0.25) is 0 Å². The smallest absolute Gasteiger partial charge is 0.336 e. The lowest BCUT2D eigenvalue weighted by Crippen LogP contribution is -2.07. The number of rotatable bonds is 3. The predicted octanol–water partition coefficient (Wildman–Crippen LogP) is 2.15. The maximum absolute atomic E-state index is 11.1. The van der Waals surface area contributed by atoms with Gasteiger partial charge in [0.1, 0.15) is 0 Å². The van der Waals surface area contributed by atoms with E-state index in [9.17, 15) is 9.59 Å². The highest BCUT2D eigenvalue weighted by atomic mass is 16.4. The molecule has 1 heterocycles. The summed E-state index contributed by atoms with van der Waals surface area (Å²) in [5.41, 5.74) is 0.299. The number of nitrogens with zero attached hydrogens (tertiary/aromatic N) is 1. The zero-order valence-corrected chi connectivity index (χ0v) is 9.20. The van der Waals surface area contributed by atoms with Crippen molar-refractivity contribution < 1.29 is 19.8 Å². The van der Waals surface area contributed by atoms with E-state index in [4.69, 9.17) is 10.2 Å². The lowest BCUT2D eigenvalue weighted by atomic mass is 9.97. The number of aromatic carboxylic acids is 2. The topological polar surface area (TPSA) is 87.5 Å². The van der Waals surface area contributed by atoms with E-state index in [0.717, 1.165) is 0 Å². The molecular formula is C13H9NO4. The van der Waals surface area contributed by atoms with Crippen LogP contribution in [-0.4, -0.2) is 27.1 Å². The SMILES string of the molecule is O=C(O)c1cccc(C(=O)O)c1-c1ccccn1. The first-order valence-electron chi connectivity index (χ1n) is 5.12. The zero-order valence-electron chi connectivity index (χ0n) is 9.20. The van der Waals surface area contributed by atoms with Crippen LogP contribution in [-0.2, 0) is 0 Å². The van der Waals surface area contributed by atoms with Gasteiger partial charge in [0, 0.05) is 11.8 Å². The minimum Gasteiger partial charge on any atom is -0.478 e. The van der Waals surface area contributed by atoms with Gasteiger partial charge in [0.25, 0.3) is 0 Å². The molecule has 1 aromatic heterocycles. The highest BCUT2D eigenvalue weighted by molar-refractivity contribution is 6.04. The van der Waals surface area contributed by atoms with E-state index in [-0.39, 0.29) is 16.7 Å². The Morgan fingerprint density at radius 3 is 1.94 bits per heavy atom. The Kier molecular flexibility index (Phi) is 3.05. The summed E-state index contributed by atoms with van der Waals surface area (Å²) in [5, 5.41) is 18.2. The molecule has 90 valence electrons. The van der Waals surface area contributed by atoms with Crippen molar-refractivity contribution in [1.29, 1.82) is 0 Å². The van der Waals surface area contributed by atoms with Gasteiger partial charge in [0.15, 0.2) is 0 Å². The molecule has 0 bridgehead atoms. The Labute approximate surface area is 102 Å². The number of pyridine rings is 1. The molecule has 0 spiro atoms. The van der Waals surface area contributed by atoms with Crippen molar-refractivity contribution >= 4 is 11.9 Å². The van der Waals surface area contributed by atoms with E-state index in [1.165, 1.54) is 24.4 Å². The predicted molar refractivity (Wildman–Crippen MR) is 63.6 cm³/mol. The Morgan fingerprint density at radius 1 is 0.889 bits per heavy atom. The molecule has 0 fully saturated rings. The highest BCUT2D eigenvalue weighted by Crippen LogP contribution is 2.26. The molecular weight excluding hydrogens is 234 g/mol. The summed E-state index contributed by atoms with van der Waals surface area (Å²) >= 11 is 0. The molecule has 18 heavy (non-hydrogen) atoms. The summed E-state index contributed by atoms with van der Waals surface area (Å²) in [4.78, 5) is 26.3. The summed E-state index contributed by atoms with van der Waals surface area (Å²) in [7, 11) is 0. The minimum atomic E-state index is -1.18. The van der Waals surface area contributed by atoms with Gasteiger partial charge in [-0.05, 0) is 24.3 Å². The Balaban J connectivity index is 2.77. The van der Waals surface area contributed by atoms with Gasteiger partial charge in [-0.2, -0.15) is 0 Å². The van der Waals surface area contributed by atoms with Gasteiger partial charge in [0.05, 0.1) is 16.8 Å². The van der Waals surface area contributed by atoms with E-state index in [0.29, 0.717) is 5.69 Å². The average Bonchev–Trinajstić information content (AvgIpc) is 2.38. The number of aromatic nitrogens is 1. The summed E-state index contributed by atoms with van der Waals surface area (Å²) in [5.74, 6) is -2.36. The molecule has 0 aliphatic heterocycles. The van der Waals surface area contributed by atoms with Crippen LogP contribution in [0.3, 0.4) is 0 Å². The molecule has 1 aromatic carbocycles. The van der Waals surface area contributed by atoms with Crippen molar-refractivity contribution in [1.82, 2.24) is 4.98 Å². The first kappa shape index (κ1) is 11.8. The van der Waals surface area contributed by atoms with E-state index in [1.807, 2.05) is 0 Å². The summed E-state index contributed by atoms with van der Waals surface area (Å²) in [6.07, 6.45) is 1.49. The molecule has 5 nitrogen and oxygen atoms in total. The lowest BCUT2D eigenvalue weighted by molar-refractivity contribution is 0.0696. The number of carboxylic acids is 2. The first-order chi connectivity index (χ1) is 8.61. The monoisotopic (exact) mass is 243 g/mol. The summed E-state index contributed by atoms with van der Waals surface area (Å²) in [6, 6.07) is 9.05. The third-order valence-electron chi connectivity index (χ3n) is 2.45. The quantitative estimate of drug-likeness (QED) is 0.862. The Hall–Kier alpha value is -2.69.